The van der Waals surface area contributed by atoms with Crippen molar-refractivity contribution in [2.24, 2.45) is 5.92 Å². The third-order valence-electron chi connectivity index (χ3n) is 4.30. The number of amides is 1. The molecule has 1 aliphatic rings. The molecule has 122 valence electrons. The molecule has 6 heteroatoms. The van der Waals surface area contributed by atoms with Crippen LogP contribution in [0.15, 0.2) is 30.5 Å². The second-order valence-corrected chi connectivity index (χ2v) is 6.07. The number of fused-ring (bicyclic) bond motifs is 1. The van der Waals surface area contributed by atoms with Gasteiger partial charge in [-0.2, -0.15) is 0 Å². The number of aromatic nitrogens is 1. The lowest BCUT2D eigenvalue weighted by atomic mass is 10.0. The number of carboxylic acids is 1. The highest BCUT2D eigenvalue weighted by Gasteiger charge is 2.25. The molecule has 0 saturated carbocycles. The van der Waals surface area contributed by atoms with Crippen molar-refractivity contribution in [2.45, 2.75) is 19.3 Å². The van der Waals surface area contributed by atoms with Crippen molar-refractivity contribution in [3.63, 3.8) is 0 Å². The average molecular weight is 315 g/mol. The zero-order chi connectivity index (χ0) is 16.2. The summed E-state index contributed by atoms with van der Waals surface area (Å²) in [5.41, 5.74) is 1.62. The molecule has 1 aromatic carbocycles. The van der Waals surface area contributed by atoms with Gasteiger partial charge in [-0.3, -0.25) is 9.59 Å². The summed E-state index contributed by atoms with van der Waals surface area (Å²) in [6.45, 7) is 2.29. The number of carbonyl (C=O) groups is 2. The molecule has 0 radical (unpaired) electrons. The van der Waals surface area contributed by atoms with Crippen LogP contribution in [0.25, 0.3) is 10.9 Å². The van der Waals surface area contributed by atoms with Gasteiger partial charge in [-0.05, 0) is 49.5 Å². The number of H-pyrrole nitrogens is 1. The summed E-state index contributed by atoms with van der Waals surface area (Å²) in [5, 5.41) is 13.2. The number of nitrogens with one attached hydrogen (secondary N) is 2. The second-order valence-electron chi connectivity index (χ2n) is 6.07. The summed E-state index contributed by atoms with van der Waals surface area (Å²) in [6.07, 6.45) is 4.05. The highest BCUT2D eigenvalue weighted by Crippen LogP contribution is 2.19. The highest BCUT2D eigenvalue weighted by atomic mass is 16.4. The van der Waals surface area contributed by atoms with Crippen molar-refractivity contribution >= 4 is 28.5 Å². The van der Waals surface area contributed by atoms with Crippen molar-refractivity contribution in [2.75, 3.05) is 25.0 Å². The van der Waals surface area contributed by atoms with E-state index in [0.29, 0.717) is 12.2 Å². The number of aromatic amines is 1. The standard InChI is InChI=1S/C17H21N3O3/c21-16(9-13(17(22)23)11-20-7-1-2-8-20)19-14-4-3-12-5-6-18-15(12)10-14/h3-6,10,13,18H,1-2,7-9,11H2,(H,19,21)(H,22,23). The molecule has 23 heavy (non-hydrogen) atoms. The first-order valence-corrected chi connectivity index (χ1v) is 7.94. The molecule has 3 rings (SSSR count). The van der Waals surface area contributed by atoms with Crippen LogP contribution >= 0.6 is 0 Å². The molecule has 1 aliphatic heterocycles. The van der Waals surface area contributed by atoms with Gasteiger partial charge in [0.25, 0.3) is 0 Å². The Balaban J connectivity index is 1.60. The minimum absolute atomic E-state index is 0.00536. The fourth-order valence-corrected chi connectivity index (χ4v) is 3.07. The lowest BCUT2D eigenvalue weighted by Crippen LogP contribution is -2.33. The van der Waals surface area contributed by atoms with Crippen LogP contribution in [0.3, 0.4) is 0 Å². The molecule has 1 fully saturated rings. The van der Waals surface area contributed by atoms with Gasteiger partial charge in [0, 0.05) is 30.4 Å². The summed E-state index contributed by atoms with van der Waals surface area (Å²) >= 11 is 0. The topological polar surface area (TPSA) is 85.4 Å². The molecule has 0 aliphatic carbocycles. The minimum atomic E-state index is -0.910. The molecule has 0 bridgehead atoms. The molecule has 1 atom stereocenters. The molecular formula is C17H21N3O3. The van der Waals surface area contributed by atoms with Gasteiger partial charge in [-0.25, -0.2) is 0 Å². The Kier molecular flexibility index (Phi) is 4.62. The molecule has 1 aromatic heterocycles. The van der Waals surface area contributed by atoms with Crippen LogP contribution in [0.4, 0.5) is 5.69 Å². The van der Waals surface area contributed by atoms with Crippen LogP contribution < -0.4 is 5.32 Å². The maximum Gasteiger partial charge on any atom is 0.308 e. The summed E-state index contributed by atoms with van der Waals surface area (Å²) in [4.78, 5) is 28.8. The summed E-state index contributed by atoms with van der Waals surface area (Å²) in [6, 6.07) is 7.55. The lowest BCUT2D eigenvalue weighted by molar-refractivity contribution is -0.144. The van der Waals surface area contributed by atoms with E-state index in [4.69, 9.17) is 0 Å². The van der Waals surface area contributed by atoms with E-state index in [0.717, 1.165) is 36.8 Å². The van der Waals surface area contributed by atoms with Gasteiger partial charge in [0.2, 0.25) is 5.91 Å². The fourth-order valence-electron chi connectivity index (χ4n) is 3.07. The molecule has 1 amide bonds. The molecule has 3 N–H and O–H groups in total. The monoisotopic (exact) mass is 315 g/mol. The summed E-state index contributed by atoms with van der Waals surface area (Å²) < 4.78 is 0. The number of rotatable bonds is 6. The fraction of sp³-hybridized carbons (Fsp3) is 0.412. The SMILES string of the molecule is O=C(CC(CN1CCCC1)C(=O)O)Nc1ccc2cc[nH]c2c1. The molecule has 1 saturated heterocycles. The van der Waals surface area contributed by atoms with Crippen molar-refractivity contribution in [1.82, 2.24) is 9.88 Å². The van der Waals surface area contributed by atoms with Crippen LogP contribution in [0, 0.1) is 5.92 Å². The predicted octanol–water partition coefficient (Wildman–Crippen LogP) is 2.29. The minimum Gasteiger partial charge on any atom is -0.481 e. The van der Waals surface area contributed by atoms with E-state index >= 15 is 0 Å². The van der Waals surface area contributed by atoms with Crippen LogP contribution in [0.1, 0.15) is 19.3 Å². The van der Waals surface area contributed by atoms with E-state index < -0.39 is 11.9 Å². The largest absolute Gasteiger partial charge is 0.481 e. The number of anilines is 1. The van der Waals surface area contributed by atoms with Gasteiger partial charge in [-0.1, -0.05) is 6.07 Å². The van der Waals surface area contributed by atoms with Crippen LogP contribution in [0.2, 0.25) is 0 Å². The predicted molar refractivity (Wildman–Crippen MR) is 88.3 cm³/mol. The molecule has 6 nitrogen and oxygen atoms in total. The van der Waals surface area contributed by atoms with E-state index in [1.54, 1.807) is 0 Å². The third-order valence-corrected chi connectivity index (χ3v) is 4.30. The van der Waals surface area contributed by atoms with Crippen LogP contribution in [-0.2, 0) is 9.59 Å². The number of hydrogen-bond donors (Lipinski definition) is 3. The van der Waals surface area contributed by atoms with E-state index in [-0.39, 0.29) is 12.3 Å². The number of benzene rings is 1. The summed E-state index contributed by atoms with van der Waals surface area (Å²) in [7, 11) is 0. The first kappa shape index (κ1) is 15.6. The van der Waals surface area contributed by atoms with Crippen LogP contribution in [0.5, 0.6) is 0 Å². The second kappa shape index (κ2) is 6.83. The van der Waals surface area contributed by atoms with E-state index in [1.165, 1.54) is 0 Å². The number of aliphatic carboxylic acids is 1. The van der Waals surface area contributed by atoms with Gasteiger partial charge in [-0.15, -0.1) is 0 Å². The van der Waals surface area contributed by atoms with Gasteiger partial charge in [0.1, 0.15) is 0 Å². The quantitative estimate of drug-likeness (QED) is 0.763. The van der Waals surface area contributed by atoms with Gasteiger partial charge < -0.3 is 20.3 Å². The Bertz CT molecular complexity index is 704. The maximum atomic E-state index is 12.2. The maximum absolute atomic E-state index is 12.2. The molecule has 2 heterocycles. The normalized spacial score (nSPS) is 16.5. The van der Waals surface area contributed by atoms with E-state index in [2.05, 4.69) is 15.2 Å². The zero-order valence-corrected chi connectivity index (χ0v) is 12.9. The molecular weight excluding hydrogens is 294 g/mol. The number of likely N-dealkylation sites (tertiary alicyclic amines) is 1. The van der Waals surface area contributed by atoms with Gasteiger partial charge in [0.15, 0.2) is 0 Å². The van der Waals surface area contributed by atoms with Crippen molar-refractivity contribution in [3.8, 4) is 0 Å². The summed E-state index contributed by atoms with van der Waals surface area (Å²) in [5.74, 6) is -1.84. The van der Waals surface area contributed by atoms with E-state index in [1.807, 2.05) is 30.5 Å². The highest BCUT2D eigenvalue weighted by molar-refractivity contribution is 5.95. The number of hydrogen-bond acceptors (Lipinski definition) is 3. The molecule has 1 unspecified atom stereocenters. The molecule has 2 aromatic rings. The number of nitrogens with zero attached hydrogens (tertiary/aromatic N) is 1. The molecule has 0 spiro atoms. The zero-order valence-electron chi connectivity index (χ0n) is 12.9. The third kappa shape index (κ3) is 3.90. The van der Waals surface area contributed by atoms with Crippen molar-refractivity contribution < 1.29 is 14.7 Å². The Morgan fingerprint density at radius 2 is 2.04 bits per heavy atom. The van der Waals surface area contributed by atoms with Gasteiger partial charge >= 0.3 is 5.97 Å². The van der Waals surface area contributed by atoms with Crippen molar-refractivity contribution in [1.29, 1.82) is 0 Å². The first-order valence-electron chi connectivity index (χ1n) is 7.94. The Hall–Kier alpha value is -2.34. The van der Waals surface area contributed by atoms with Crippen molar-refractivity contribution in [3.05, 3.63) is 30.5 Å². The Morgan fingerprint density at radius 3 is 2.78 bits per heavy atom. The Morgan fingerprint density at radius 1 is 1.26 bits per heavy atom. The first-order chi connectivity index (χ1) is 11.1. The smallest absolute Gasteiger partial charge is 0.308 e. The average Bonchev–Trinajstić information content (AvgIpc) is 3.16. The lowest BCUT2D eigenvalue weighted by Gasteiger charge is -2.20. The number of carboxylic acid groups (broad SMARTS) is 1. The Labute approximate surface area is 134 Å². The van der Waals surface area contributed by atoms with Crippen LogP contribution in [-0.4, -0.2) is 46.5 Å². The van der Waals surface area contributed by atoms with Gasteiger partial charge in [0.05, 0.1) is 5.92 Å². The number of carbonyl (C=O) groups excluding carboxylic acids is 1. The van der Waals surface area contributed by atoms with E-state index in [9.17, 15) is 14.7 Å².